The molecule has 3 heteroatoms. The average Bonchev–Trinajstić information content (AvgIpc) is 1.85. The van der Waals surface area contributed by atoms with Crippen molar-refractivity contribution >= 4 is 0 Å². The van der Waals surface area contributed by atoms with Gasteiger partial charge in [0.25, 0.3) is 0 Å². The maximum Gasteiger partial charge on any atom is 0.399 e. The van der Waals surface area contributed by atoms with E-state index in [2.05, 4.69) is 11.8 Å². The van der Waals surface area contributed by atoms with Crippen LogP contribution in [-0.2, 0) is 0 Å². The van der Waals surface area contributed by atoms with Gasteiger partial charge in [-0.2, -0.15) is 13.2 Å². The third-order valence-corrected chi connectivity index (χ3v) is 0.808. The molecule has 0 radical (unpaired) electrons. The third kappa shape index (κ3) is 8.91. The number of unbranched alkanes of at least 4 members (excludes halogenated alkanes) is 1. The summed E-state index contributed by atoms with van der Waals surface area (Å²) in [5, 5.41) is 0. The fourth-order valence-electron chi connectivity index (χ4n) is 0.386. The van der Waals surface area contributed by atoms with Crippen LogP contribution in [0.2, 0.25) is 0 Å². The molecule has 0 amide bonds. The van der Waals surface area contributed by atoms with Gasteiger partial charge < -0.3 is 0 Å². The first-order valence-corrected chi connectivity index (χ1v) is 3.02. The van der Waals surface area contributed by atoms with Crippen molar-refractivity contribution in [2.45, 2.75) is 25.4 Å². The molecule has 0 aromatic carbocycles. The van der Waals surface area contributed by atoms with Crippen molar-refractivity contribution < 1.29 is 13.2 Å². The Bertz CT molecular complexity index is 196. The molecule has 0 atom stereocenters. The van der Waals surface area contributed by atoms with Crippen LogP contribution in [-0.4, -0.2) is 6.18 Å². The van der Waals surface area contributed by atoms with Crippen LogP contribution < -0.4 is 0 Å². The van der Waals surface area contributed by atoms with Crippen molar-refractivity contribution in [3.8, 4) is 24.2 Å². The largest absolute Gasteiger partial charge is 0.399 e. The number of hydrogen-bond acceptors (Lipinski definition) is 0. The summed E-state index contributed by atoms with van der Waals surface area (Å²) in [6, 6.07) is 0. The molecule has 0 bridgehead atoms. The summed E-state index contributed by atoms with van der Waals surface area (Å²) in [6.45, 7) is 0. The molecule has 0 spiro atoms. The Balaban J connectivity index is 3.50. The molecule has 0 saturated heterocycles. The molecule has 0 heterocycles. The van der Waals surface area contributed by atoms with E-state index < -0.39 is 12.6 Å². The summed E-state index contributed by atoms with van der Waals surface area (Å²) in [5.41, 5.74) is 0. The zero-order valence-electron chi connectivity index (χ0n) is 5.83. The summed E-state index contributed by atoms with van der Waals surface area (Å²) < 4.78 is 34.3. The van der Waals surface area contributed by atoms with E-state index in [0.29, 0.717) is 12.8 Å². The van der Waals surface area contributed by atoms with Gasteiger partial charge in [-0.05, 0) is 0 Å². The van der Waals surface area contributed by atoms with Crippen molar-refractivity contribution in [2.75, 3.05) is 0 Å². The van der Waals surface area contributed by atoms with E-state index in [-0.39, 0.29) is 0 Å². The summed E-state index contributed by atoms with van der Waals surface area (Å²) in [6.07, 6.45) is 0.382. The van der Waals surface area contributed by atoms with Gasteiger partial charge >= 0.3 is 6.18 Å². The van der Waals surface area contributed by atoms with Crippen molar-refractivity contribution in [1.82, 2.24) is 0 Å². The maximum absolute atomic E-state index is 11.4. The van der Waals surface area contributed by atoms with Crippen LogP contribution in [0.5, 0.6) is 0 Å². The monoisotopic (exact) mass is 160 g/mol. The minimum Gasteiger partial charge on any atom is -0.170 e. The molecule has 0 aliphatic rings. The van der Waals surface area contributed by atoms with Crippen molar-refractivity contribution in [3.63, 3.8) is 0 Å². The molecule has 11 heavy (non-hydrogen) atoms. The highest BCUT2D eigenvalue weighted by molar-refractivity contribution is 5.02. The van der Waals surface area contributed by atoms with Crippen molar-refractivity contribution in [2.24, 2.45) is 0 Å². The van der Waals surface area contributed by atoms with Gasteiger partial charge in [0.2, 0.25) is 0 Å². The molecular weight excluding hydrogens is 153 g/mol. The number of terminal acetylenes is 1. The summed E-state index contributed by atoms with van der Waals surface area (Å²) in [4.78, 5) is 0. The zero-order valence-corrected chi connectivity index (χ0v) is 5.83. The topological polar surface area (TPSA) is 0 Å². The lowest BCUT2D eigenvalue weighted by atomic mass is 10.3. The van der Waals surface area contributed by atoms with Gasteiger partial charge in [-0.1, -0.05) is 5.92 Å². The van der Waals surface area contributed by atoms with Crippen LogP contribution >= 0.6 is 0 Å². The second-order valence-corrected chi connectivity index (χ2v) is 1.85. The third-order valence-electron chi connectivity index (χ3n) is 0.808. The minimum atomic E-state index is -4.18. The molecule has 0 aliphatic carbocycles. The van der Waals surface area contributed by atoms with E-state index in [9.17, 15) is 13.2 Å². The van der Waals surface area contributed by atoms with E-state index in [0.717, 1.165) is 0 Å². The number of alkyl halides is 3. The van der Waals surface area contributed by atoms with Gasteiger partial charge in [0.05, 0.1) is 0 Å². The first-order valence-electron chi connectivity index (χ1n) is 3.02. The maximum atomic E-state index is 11.4. The van der Waals surface area contributed by atoms with E-state index in [1.807, 2.05) is 5.92 Å². The number of halogens is 3. The normalized spacial score (nSPS) is 9.64. The molecule has 0 saturated carbocycles. The second-order valence-electron chi connectivity index (χ2n) is 1.85. The Kier molecular flexibility index (Phi) is 4.22. The second kappa shape index (κ2) is 4.68. The predicted molar refractivity (Wildman–Crippen MR) is 36.5 cm³/mol. The van der Waals surface area contributed by atoms with Crippen LogP contribution in [0.25, 0.3) is 0 Å². The van der Waals surface area contributed by atoms with Gasteiger partial charge in [0.1, 0.15) is 6.42 Å². The zero-order chi connectivity index (χ0) is 8.74. The van der Waals surface area contributed by atoms with Crippen molar-refractivity contribution in [3.05, 3.63) is 0 Å². The van der Waals surface area contributed by atoms with E-state index in [1.165, 1.54) is 0 Å². The number of hydrogen-bond donors (Lipinski definition) is 0. The molecule has 60 valence electrons. The fourth-order valence-corrected chi connectivity index (χ4v) is 0.386. The highest BCUT2D eigenvalue weighted by Gasteiger charge is 2.24. The Morgan fingerprint density at radius 1 is 1.09 bits per heavy atom. The molecule has 0 fully saturated rings. The molecule has 0 nitrogen and oxygen atoms in total. The quantitative estimate of drug-likeness (QED) is 0.408. The molecule has 0 aliphatic heterocycles. The Hall–Kier alpha value is -1.09. The van der Waals surface area contributed by atoms with Crippen LogP contribution in [0.4, 0.5) is 13.2 Å². The fraction of sp³-hybridized carbons (Fsp3) is 0.500. The lowest BCUT2D eigenvalue weighted by molar-refractivity contribution is -0.123. The van der Waals surface area contributed by atoms with Crippen LogP contribution in [0.1, 0.15) is 19.3 Å². The molecular formula is C8H7F3. The summed E-state index contributed by atoms with van der Waals surface area (Å²) >= 11 is 0. The van der Waals surface area contributed by atoms with Gasteiger partial charge in [0.15, 0.2) is 0 Å². The molecule has 0 aromatic rings. The van der Waals surface area contributed by atoms with Crippen molar-refractivity contribution in [1.29, 1.82) is 0 Å². The van der Waals surface area contributed by atoms with Gasteiger partial charge in [0, 0.05) is 12.8 Å². The molecule has 0 rings (SSSR count). The number of rotatable bonds is 1. The first kappa shape index (κ1) is 9.91. The van der Waals surface area contributed by atoms with Gasteiger partial charge in [-0.15, -0.1) is 18.3 Å². The molecule has 0 unspecified atom stereocenters. The van der Waals surface area contributed by atoms with Gasteiger partial charge in [-0.3, -0.25) is 0 Å². The Morgan fingerprint density at radius 3 is 2.18 bits per heavy atom. The highest BCUT2D eigenvalue weighted by Crippen LogP contribution is 2.17. The van der Waals surface area contributed by atoms with E-state index >= 15 is 0 Å². The minimum absolute atomic E-state index is 0.340. The first-order chi connectivity index (χ1) is 5.06. The standard InChI is InChI=1S/C8H7F3/c1-2-3-4-5-6-7-8(9,10)11/h1H,3-4,7H2. The van der Waals surface area contributed by atoms with Crippen LogP contribution in [0.15, 0.2) is 0 Å². The Labute approximate surface area is 63.8 Å². The van der Waals surface area contributed by atoms with E-state index in [1.54, 1.807) is 0 Å². The average molecular weight is 160 g/mol. The molecule has 0 aromatic heterocycles. The SMILES string of the molecule is C#CCCC#CCC(F)(F)F. The van der Waals surface area contributed by atoms with Gasteiger partial charge in [-0.25, -0.2) is 0 Å². The lowest BCUT2D eigenvalue weighted by Crippen LogP contribution is -2.04. The molecule has 0 N–H and O–H groups in total. The summed E-state index contributed by atoms with van der Waals surface area (Å²) in [5.74, 6) is 6.60. The Morgan fingerprint density at radius 2 is 1.73 bits per heavy atom. The smallest absolute Gasteiger partial charge is 0.170 e. The van der Waals surface area contributed by atoms with Crippen LogP contribution in [0.3, 0.4) is 0 Å². The highest BCUT2D eigenvalue weighted by atomic mass is 19.4. The van der Waals surface area contributed by atoms with Crippen LogP contribution in [0, 0.1) is 24.2 Å². The summed E-state index contributed by atoms with van der Waals surface area (Å²) in [7, 11) is 0. The lowest BCUT2D eigenvalue weighted by Gasteiger charge is -1.97. The predicted octanol–water partition coefficient (Wildman–Crippen LogP) is 2.36. The van der Waals surface area contributed by atoms with E-state index in [4.69, 9.17) is 6.42 Å².